The Bertz CT molecular complexity index is 1400. The molecule has 0 spiro atoms. The van der Waals surface area contributed by atoms with Gasteiger partial charge in [-0.1, -0.05) is 0 Å². The van der Waals surface area contributed by atoms with Crippen LogP contribution in [0.2, 0.25) is 0 Å². The fourth-order valence-electron chi connectivity index (χ4n) is 2.98. The molecule has 0 radical (unpaired) electrons. The Hall–Kier alpha value is -3.48. The number of aryl methyl sites for hydroxylation is 2. The molecule has 0 saturated carbocycles. The normalized spacial score (nSPS) is 12.1. The molecule has 0 atom stereocenters. The maximum Gasteiger partial charge on any atom is 0.534 e. The van der Waals surface area contributed by atoms with Crippen molar-refractivity contribution in [3.8, 4) is 34.1 Å². The number of halogens is 4. The maximum atomic E-state index is 13.9. The van der Waals surface area contributed by atoms with Crippen LogP contribution in [0, 0.1) is 12.7 Å². The van der Waals surface area contributed by atoms with Crippen LogP contribution in [-0.2, 0) is 17.2 Å². The van der Waals surface area contributed by atoms with Gasteiger partial charge in [-0.15, -0.1) is 0 Å². The second-order valence-corrected chi connectivity index (χ2v) is 9.01. The van der Waals surface area contributed by atoms with Crippen molar-refractivity contribution in [2.24, 2.45) is 7.05 Å². The molecular formula is C21H19F4N3O5S. The van der Waals surface area contributed by atoms with Crippen molar-refractivity contribution in [2.45, 2.75) is 32.4 Å². The molecule has 182 valence electrons. The Morgan fingerprint density at radius 1 is 1.09 bits per heavy atom. The fraction of sp³-hybridized carbons (Fsp3) is 0.286. The standard InChI is InChI=1S/C21H19F4N3O5S/c1-11(2)32-16-9-14(22)6-7-15(16)18-12(3)26-19(13-5-8-17(29)28(4)10-13)27-20(18)33-34(30,31)21(23,24)25/h5-11H,1-4H3. The predicted octanol–water partition coefficient (Wildman–Crippen LogP) is 3.97. The lowest BCUT2D eigenvalue weighted by Gasteiger charge is -2.19. The van der Waals surface area contributed by atoms with E-state index in [0.717, 1.165) is 12.1 Å². The summed E-state index contributed by atoms with van der Waals surface area (Å²) in [4.78, 5) is 19.8. The third-order valence-corrected chi connectivity index (χ3v) is 5.39. The molecule has 0 fully saturated rings. The van der Waals surface area contributed by atoms with Gasteiger partial charge in [0.1, 0.15) is 11.6 Å². The predicted molar refractivity (Wildman–Crippen MR) is 114 cm³/mol. The maximum absolute atomic E-state index is 13.9. The molecule has 0 bridgehead atoms. The number of nitrogens with zero attached hydrogens (tertiary/aromatic N) is 3. The van der Waals surface area contributed by atoms with Gasteiger partial charge in [-0.05, 0) is 39.0 Å². The summed E-state index contributed by atoms with van der Waals surface area (Å²) < 4.78 is 88.1. The van der Waals surface area contributed by atoms with E-state index in [-0.39, 0.29) is 39.5 Å². The van der Waals surface area contributed by atoms with E-state index in [4.69, 9.17) is 4.74 Å². The van der Waals surface area contributed by atoms with Gasteiger partial charge in [0.15, 0.2) is 5.82 Å². The van der Waals surface area contributed by atoms with Crippen LogP contribution in [-0.4, -0.2) is 34.6 Å². The zero-order valence-corrected chi connectivity index (χ0v) is 19.2. The van der Waals surface area contributed by atoms with Gasteiger partial charge in [0.05, 0.1) is 17.4 Å². The first kappa shape index (κ1) is 25.1. The minimum atomic E-state index is -6.12. The lowest BCUT2D eigenvalue weighted by molar-refractivity contribution is -0.0501. The largest absolute Gasteiger partial charge is 0.534 e. The fourth-order valence-corrected chi connectivity index (χ4v) is 3.40. The summed E-state index contributed by atoms with van der Waals surface area (Å²) in [5.41, 5.74) is -6.09. The van der Waals surface area contributed by atoms with E-state index in [9.17, 15) is 30.8 Å². The topological polar surface area (TPSA) is 100 Å². The van der Waals surface area contributed by atoms with Crippen LogP contribution < -0.4 is 14.5 Å². The van der Waals surface area contributed by atoms with Crippen molar-refractivity contribution in [2.75, 3.05) is 0 Å². The summed E-state index contributed by atoms with van der Waals surface area (Å²) in [6, 6.07) is 5.72. The van der Waals surface area contributed by atoms with Gasteiger partial charge in [0.25, 0.3) is 0 Å². The van der Waals surface area contributed by atoms with Crippen LogP contribution in [0.4, 0.5) is 17.6 Å². The van der Waals surface area contributed by atoms with Crippen LogP contribution in [0.1, 0.15) is 19.5 Å². The summed E-state index contributed by atoms with van der Waals surface area (Å²) >= 11 is 0. The van der Waals surface area contributed by atoms with Crippen LogP contribution in [0.15, 0.2) is 41.3 Å². The summed E-state index contributed by atoms with van der Waals surface area (Å²) in [6.45, 7) is 4.68. The number of hydrogen-bond acceptors (Lipinski definition) is 7. The molecule has 0 aliphatic rings. The Morgan fingerprint density at radius 2 is 1.76 bits per heavy atom. The third kappa shape index (κ3) is 5.19. The molecule has 0 N–H and O–H groups in total. The minimum Gasteiger partial charge on any atom is -0.490 e. The van der Waals surface area contributed by atoms with E-state index in [1.54, 1.807) is 13.8 Å². The SMILES string of the molecule is Cc1nc(-c2ccc(=O)n(C)c2)nc(OS(=O)(=O)C(F)(F)F)c1-c1ccc(F)cc1OC(C)C. The van der Waals surface area contributed by atoms with Crippen LogP contribution in [0.25, 0.3) is 22.5 Å². The molecule has 34 heavy (non-hydrogen) atoms. The number of benzene rings is 1. The molecule has 13 heteroatoms. The lowest BCUT2D eigenvalue weighted by Crippen LogP contribution is -2.28. The van der Waals surface area contributed by atoms with E-state index >= 15 is 0 Å². The van der Waals surface area contributed by atoms with Crippen LogP contribution in [0.5, 0.6) is 11.6 Å². The molecule has 3 rings (SSSR count). The van der Waals surface area contributed by atoms with E-state index in [1.807, 2.05) is 0 Å². The second kappa shape index (κ2) is 9.05. The van der Waals surface area contributed by atoms with E-state index in [1.165, 1.54) is 42.9 Å². The van der Waals surface area contributed by atoms with E-state index < -0.39 is 33.4 Å². The smallest absolute Gasteiger partial charge is 0.490 e. The van der Waals surface area contributed by atoms with Crippen molar-refractivity contribution in [3.05, 3.63) is 58.4 Å². The lowest BCUT2D eigenvalue weighted by atomic mass is 10.0. The number of ether oxygens (including phenoxy) is 1. The third-order valence-electron chi connectivity index (χ3n) is 4.45. The molecule has 0 aliphatic carbocycles. The average Bonchev–Trinajstić information content (AvgIpc) is 2.69. The zero-order chi connectivity index (χ0) is 25.4. The number of alkyl halides is 3. The average molecular weight is 501 g/mol. The zero-order valence-electron chi connectivity index (χ0n) is 18.3. The summed E-state index contributed by atoms with van der Waals surface area (Å²) in [6.07, 6.45) is 0.874. The van der Waals surface area contributed by atoms with Crippen LogP contribution >= 0.6 is 0 Å². The highest BCUT2D eigenvalue weighted by atomic mass is 32.2. The molecule has 2 heterocycles. The van der Waals surface area contributed by atoms with Crippen molar-refractivity contribution >= 4 is 10.1 Å². The van der Waals surface area contributed by atoms with Crippen molar-refractivity contribution in [1.82, 2.24) is 14.5 Å². The van der Waals surface area contributed by atoms with Gasteiger partial charge in [-0.3, -0.25) is 4.79 Å². The number of aromatic nitrogens is 3. The molecule has 0 amide bonds. The minimum absolute atomic E-state index is 0.0199. The van der Waals surface area contributed by atoms with Crippen LogP contribution in [0.3, 0.4) is 0 Å². The molecule has 1 aromatic carbocycles. The van der Waals surface area contributed by atoms with E-state index in [0.29, 0.717) is 0 Å². The Balaban J connectivity index is 2.32. The van der Waals surface area contributed by atoms with Gasteiger partial charge < -0.3 is 13.5 Å². The van der Waals surface area contributed by atoms with Gasteiger partial charge >= 0.3 is 15.6 Å². The van der Waals surface area contributed by atoms with Gasteiger partial charge in [-0.25, -0.2) is 9.37 Å². The first-order chi connectivity index (χ1) is 15.7. The molecule has 0 aliphatic heterocycles. The summed E-state index contributed by atoms with van der Waals surface area (Å²) in [7, 11) is -4.68. The second-order valence-electron chi connectivity index (χ2n) is 7.47. The molecule has 8 nitrogen and oxygen atoms in total. The quantitative estimate of drug-likeness (QED) is 0.286. The molecule has 0 unspecified atom stereocenters. The summed E-state index contributed by atoms with van der Waals surface area (Å²) in [5.74, 6) is -1.90. The number of rotatable bonds is 6. The van der Waals surface area contributed by atoms with Gasteiger partial charge in [0.2, 0.25) is 11.4 Å². The molecular weight excluding hydrogens is 482 g/mol. The van der Waals surface area contributed by atoms with Crippen molar-refractivity contribution < 1.29 is 34.9 Å². The molecule has 2 aromatic heterocycles. The highest BCUT2D eigenvalue weighted by molar-refractivity contribution is 7.88. The molecule has 0 saturated heterocycles. The first-order valence-corrected chi connectivity index (χ1v) is 11.1. The van der Waals surface area contributed by atoms with Crippen molar-refractivity contribution in [3.63, 3.8) is 0 Å². The Kier molecular flexibility index (Phi) is 6.69. The highest BCUT2D eigenvalue weighted by Gasteiger charge is 2.49. The Morgan fingerprint density at radius 3 is 2.35 bits per heavy atom. The molecule has 3 aromatic rings. The van der Waals surface area contributed by atoms with Gasteiger partial charge in [0, 0.05) is 36.5 Å². The van der Waals surface area contributed by atoms with E-state index in [2.05, 4.69) is 14.2 Å². The Labute approximate surface area is 191 Å². The monoisotopic (exact) mass is 501 g/mol. The highest BCUT2D eigenvalue weighted by Crippen LogP contribution is 2.40. The summed E-state index contributed by atoms with van der Waals surface area (Å²) in [5, 5.41) is 0. The van der Waals surface area contributed by atoms with Crippen molar-refractivity contribution in [1.29, 1.82) is 0 Å². The number of pyridine rings is 1. The first-order valence-electron chi connectivity index (χ1n) is 9.72. The number of hydrogen-bond donors (Lipinski definition) is 0. The van der Waals surface area contributed by atoms with Gasteiger partial charge in [-0.2, -0.15) is 26.6 Å².